The van der Waals surface area contributed by atoms with E-state index in [1.54, 1.807) is 0 Å². The highest BCUT2D eigenvalue weighted by atomic mass is 31.1. The summed E-state index contributed by atoms with van der Waals surface area (Å²) in [6.07, 6.45) is 0. The first-order valence-electron chi connectivity index (χ1n) is 6.05. The van der Waals surface area contributed by atoms with Gasteiger partial charge in [0.15, 0.2) is 0 Å². The quantitative estimate of drug-likeness (QED) is 0.586. The third-order valence-electron chi connectivity index (χ3n) is 2.59. The highest BCUT2D eigenvalue weighted by Crippen LogP contribution is 2.42. The standard InChI is InChI=1S/C16H17OP/c1-3-17-14(2)18(15-10-6-4-7-11-15)16-12-8-5-9-13-16/h4-13H,2-3H2,1H3. The molecule has 18 heavy (non-hydrogen) atoms. The number of ether oxygens (including phenoxy) is 1. The molecule has 0 radical (unpaired) electrons. The molecule has 0 saturated heterocycles. The predicted octanol–water partition coefficient (Wildman–Crippen LogP) is 3.63. The topological polar surface area (TPSA) is 9.23 Å². The molecule has 0 N–H and O–H groups in total. The number of rotatable bonds is 5. The Balaban J connectivity index is 2.38. The van der Waals surface area contributed by atoms with E-state index in [-0.39, 0.29) is 0 Å². The van der Waals surface area contributed by atoms with E-state index in [9.17, 15) is 0 Å². The SMILES string of the molecule is C=C(OCC)P(c1ccccc1)c1ccccc1. The Morgan fingerprint density at radius 1 is 0.944 bits per heavy atom. The molecule has 0 fully saturated rings. The largest absolute Gasteiger partial charge is 0.494 e. The lowest BCUT2D eigenvalue weighted by atomic mass is 10.4. The maximum absolute atomic E-state index is 5.65. The third kappa shape index (κ3) is 3.00. The van der Waals surface area contributed by atoms with Gasteiger partial charge in [0.1, 0.15) is 5.50 Å². The van der Waals surface area contributed by atoms with Crippen LogP contribution in [0, 0.1) is 0 Å². The molecule has 0 bridgehead atoms. The Hall–Kier alpha value is -1.59. The molecule has 2 aromatic carbocycles. The van der Waals surface area contributed by atoms with Gasteiger partial charge in [-0.3, -0.25) is 0 Å². The van der Waals surface area contributed by atoms with E-state index in [2.05, 4.69) is 55.1 Å². The maximum Gasteiger partial charge on any atom is 0.119 e. The molecule has 0 aliphatic heterocycles. The average molecular weight is 256 g/mol. The zero-order chi connectivity index (χ0) is 12.8. The smallest absolute Gasteiger partial charge is 0.119 e. The van der Waals surface area contributed by atoms with Gasteiger partial charge in [0.25, 0.3) is 0 Å². The lowest BCUT2D eigenvalue weighted by Crippen LogP contribution is -2.13. The second-order valence-corrected chi connectivity index (χ2v) is 6.04. The average Bonchev–Trinajstić information content (AvgIpc) is 2.42. The number of benzene rings is 2. The van der Waals surface area contributed by atoms with Crippen LogP contribution in [-0.2, 0) is 4.74 Å². The van der Waals surface area contributed by atoms with Crippen LogP contribution in [0.4, 0.5) is 0 Å². The maximum atomic E-state index is 5.65. The molecule has 2 heteroatoms. The van der Waals surface area contributed by atoms with E-state index >= 15 is 0 Å². The zero-order valence-electron chi connectivity index (χ0n) is 10.5. The summed E-state index contributed by atoms with van der Waals surface area (Å²) in [7, 11) is -0.635. The highest BCUT2D eigenvalue weighted by Gasteiger charge is 2.17. The lowest BCUT2D eigenvalue weighted by Gasteiger charge is -2.20. The van der Waals surface area contributed by atoms with Crippen molar-refractivity contribution in [2.45, 2.75) is 6.92 Å². The summed E-state index contributed by atoms with van der Waals surface area (Å²) in [4.78, 5) is 0. The van der Waals surface area contributed by atoms with Crippen molar-refractivity contribution in [2.75, 3.05) is 6.61 Å². The first-order chi connectivity index (χ1) is 8.83. The van der Waals surface area contributed by atoms with Crippen molar-refractivity contribution in [1.29, 1.82) is 0 Å². The molecule has 2 aromatic rings. The van der Waals surface area contributed by atoms with Crippen LogP contribution >= 0.6 is 7.92 Å². The molecule has 0 unspecified atom stereocenters. The van der Waals surface area contributed by atoms with Crippen LogP contribution in [0.5, 0.6) is 0 Å². The summed E-state index contributed by atoms with van der Waals surface area (Å²) >= 11 is 0. The van der Waals surface area contributed by atoms with Gasteiger partial charge in [-0.25, -0.2) is 0 Å². The Morgan fingerprint density at radius 3 is 1.78 bits per heavy atom. The Labute approximate surface area is 110 Å². The fraction of sp³-hybridized carbons (Fsp3) is 0.125. The molecule has 0 aromatic heterocycles. The monoisotopic (exact) mass is 256 g/mol. The first-order valence-corrected chi connectivity index (χ1v) is 7.39. The van der Waals surface area contributed by atoms with E-state index in [1.165, 1.54) is 10.6 Å². The summed E-state index contributed by atoms with van der Waals surface area (Å²) in [5, 5.41) is 2.55. The predicted molar refractivity (Wildman–Crippen MR) is 79.8 cm³/mol. The summed E-state index contributed by atoms with van der Waals surface area (Å²) in [5.74, 6) is 0. The third-order valence-corrected chi connectivity index (χ3v) is 4.85. The van der Waals surface area contributed by atoms with Crippen LogP contribution in [0.1, 0.15) is 6.92 Å². The van der Waals surface area contributed by atoms with E-state index in [0.717, 1.165) is 5.50 Å². The van der Waals surface area contributed by atoms with Gasteiger partial charge in [0, 0.05) is 7.92 Å². The number of hydrogen-bond donors (Lipinski definition) is 0. The Kier molecular flexibility index (Phi) is 4.55. The van der Waals surface area contributed by atoms with Crippen molar-refractivity contribution in [1.82, 2.24) is 0 Å². The minimum Gasteiger partial charge on any atom is -0.494 e. The highest BCUT2D eigenvalue weighted by molar-refractivity contribution is 7.76. The fourth-order valence-corrected chi connectivity index (χ4v) is 3.90. The molecular weight excluding hydrogens is 239 g/mol. The van der Waals surface area contributed by atoms with Gasteiger partial charge in [0.05, 0.1) is 6.61 Å². The molecule has 92 valence electrons. The molecule has 0 aliphatic rings. The van der Waals surface area contributed by atoms with Gasteiger partial charge in [-0.1, -0.05) is 67.2 Å². The van der Waals surface area contributed by atoms with Crippen molar-refractivity contribution < 1.29 is 4.74 Å². The molecule has 0 heterocycles. The van der Waals surface area contributed by atoms with Gasteiger partial charge >= 0.3 is 0 Å². The van der Waals surface area contributed by atoms with Crippen LogP contribution < -0.4 is 10.6 Å². The minimum absolute atomic E-state index is 0.635. The lowest BCUT2D eigenvalue weighted by molar-refractivity contribution is 0.258. The van der Waals surface area contributed by atoms with Crippen molar-refractivity contribution >= 4 is 18.5 Å². The van der Waals surface area contributed by atoms with Gasteiger partial charge in [-0.15, -0.1) is 0 Å². The van der Waals surface area contributed by atoms with Gasteiger partial charge in [-0.05, 0) is 17.5 Å². The van der Waals surface area contributed by atoms with Crippen LogP contribution in [0.2, 0.25) is 0 Å². The number of hydrogen-bond acceptors (Lipinski definition) is 1. The second kappa shape index (κ2) is 6.37. The summed E-state index contributed by atoms with van der Waals surface area (Å²) in [6, 6.07) is 20.9. The normalized spacial score (nSPS) is 10.3. The molecule has 0 atom stereocenters. The molecule has 0 amide bonds. The molecule has 1 nitrogen and oxygen atoms in total. The Morgan fingerprint density at radius 2 is 1.39 bits per heavy atom. The van der Waals surface area contributed by atoms with Crippen molar-refractivity contribution in [2.24, 2.45) is 0 Å². The first kappa shape index (κ1) is 12.9. The second-order valence-electron chi connectivity index (χ2n) is 3.83. The molecular formula is C16H17OP. The van der Waals surface area contributed by atoms with Crippen LogP contribution in [-0.4, -0.2) is 6.61 Å². The molecule has 0 aliphatic carbocycles. The van der Waals surface area contributed by atoms with E-state index in [4.69, 9.17) is 4.74 Å². The fourth-order valence-electron chi connectivity index (χ4n) is 1.82. The minimum atomic E-state index is -0.635. The van der Waals surface area contributed by atoms with Crippen LogP contribution in [0.3, 0.4) is 0 Å². The van der Waals surface area contributed by atoms with E-state index in [0.29, 0.717) is 6.61 Å². The van der Waals surface area contributed by atoms with Crippen molar-refractivity contribution in [3.63, 3.8) is 0 Å². The van der Waals surface area contributed by atoms with Gasteiger partial charge < -0.3 is 4.74 Å². The van der Waals surface area contributed by atoms with Crippen LogP contribution in [0.25, 0.3) is 0 Å². The van der Waals surface area contributed by atoms with Crippen LogP contribution in [0.15, 0.2) is 72.7 Å². The summed E-state index contributed by atoms with van der Waals surface area (Å²) in [6.45, 7) is 6.76. The van der Waals surface area contributed by atoms with E-state index in [1.807, 2.05) is 19.1 Å². The molecule has 0 spiro atoms. The van der Waals surface area contributed by atoms with Crippen molar-refractivity contribution in [3.05, 3.63) is 72.7 Å². The molecule has 2 rings (SSSR count). The zero-order valence-corrected chi connectivity index (χ0v) is 11.4. The summed E-state index contributed by atoms with van der Waals surface area (Å²) < 4.78 is 5.65. The van der Waals surface area contributed by atoms with E-state index < -0.39 is 7.92 Å². The molecule has 0 saturated carbocycles. The Bertz CT molecular complexity index is 454. The van der Waals surface area contributed by atoms with Crippen molar-refractivity contribution in [3.8, 4) is 0 Å². The summed E-state index contributed by atoms with van der Waals surface area (Å²) in [5.41, 5.74) is 0.866. The van der Waals surface area contributed by atoms with Gasteiger partial charge in [0.2, 0.25) is 0 Å². The van der Waals surface area contributed by atoms with Gasteiger partial charge in [-0.2, -0.15) is 0 Å².